The van der Waals surface area contributed by atoms with E-state index in [2.05, 4.69) is 11.8 Å². The van der Waals surface area contributed by atoms with Crippen molar-refractivity contribution in [2.45, 2.75) is 6.61 Å². The van der Waals surface area contributed by atoms with Crippen molar-refractivity contribution in [2.75, 3.05) is 0 Å². The summed E-state index contributed by atoms with van der Waals surface area (Å²) in [7, 11) is 3.28. The second-order valence-corrected chi connectivity index (χ2v) is 1.83. The van der Waals surface area contributed by atoms with Crippen molar-refractivity contribution in [3.63, 3.8) is 0 Å². The van der Waals surface area contributed by atoms with Gasteiger partial charge < -0.3 is 4.74 Å². The minimum Gasteiger partial charge on any atom is -0.552 e. The molecule has 11 heavy (non-hydrogen) atoms. The third-order valence-corrected chi connectivity index (χ3v) is 1.11. The second kappa shape index (κ2) is 8.63. The van der Waals surface area contributed by atoms with E-state index in [1.54, 1.807) is 0 Å². The van der Waals surface area contributed by atoms with Crippen LogP contribution in [0.5, 0.6) is 0 Å². The minimum atomic E-state index is 0. The van der Waals surface area contributed by atoms with Crippen molar-refractivity contribution >= 4 is 24.0 Å². The normalized spacial score (nSPS) is 7.73. The maximum Gasteiger partial charge on any atom is 0.0373 e. The molecule has 1 nitrogen and oxygen atoms in total. The third kappa shape index (κ3) is 5.77. The van der Waals surface area contributed by atoms with Crippen LogP contribution in [0.2, 0.25) is 0 Å². The van der Waals surface area contributed by atoms with Gasteiger partial charge in [0.1, 0.15) is 0 Å². The van der Waals surface area contributed by atoms with Crippen LogP contribution in [0.3, 0.4) is 0 Å². The monoisotopic (exact) mass is 313 g/mol. The summed E-state index contributed by atoms with van der Waals surface area (Å²) < 4.78 is 4.68. The molecule has 58 valence electrons. The molecule has 1 aromatic carbocycles. The van der Waals surface area contributed by atoms with E-state index in [4.69, 9.17) is 0 Å². The van der Waals surface area contributed by atoms with E-state index in [0.29, 0.717) is 6.61 Å². The molecule has 0 unspecified atom stereocenters. The first-order valence-electron chi connectivity index (χ1n) is 2.84. The predicted octanol–water partition coefficient (Wildman–Crippen LogP) is 2.61. The summed E-state index contributed by atoms with van der Waals surface area (Å²) in [5.41, 5.74) is 1.16. The van der Waals surface area contributed by atoms with Crippen LogP contribution < -0.4 is 0 Å². The van der Waals surface area contributed by atoms with Crippen molar-refractivity contribution in [1.29, 1.82) is 0 Å². The maximum absolute atomic E-state index is 4.68. The number of benzene rings is 1. The molecule has 0 radical (unpaired) electrons. The van der Waals surface area contributed by atoms with Crippen LogP contribution in [0, 0.1) is 7.11 Å². The van der Waals surface area contributed by atoms with Gasteiger partial charge in [-0.3, -0.25) is 0 Å². The Kier molecular flexibility index (Phi) is 11.0. The van der Waals surface area contributed by atoms with Crippen LogP contribution in [0.1, 0.15) is 5.56 Å². The summed E-state index contributed by atoms with van der Waals surface area (Å²) in [6, 6.07) is 9.95. The van der Waals surface area contributed by atoms with Gasteiger partial charge in [0.25, 0.3) is 0 Å². The topological polar surface area (TPSA) is 9.23 Å². The summed E-state index contributed by atoms with van der Waals surface area (Å²) in [6.45, 7) is 0.598. The summed E-state index contributed by atoms with van der Waals surface area (Å²) >= 11 is 0. The summed E-state index contributed by atoms with van der Waals surface area (Å²) in [5.74, 6) is 0. The molecule has 0 heterocycles. The van der Waals surface area contributed by atoms with Crippen LogP contribution in [0.25, 0.3) is 0 Å². The van der Waals surface area contributed by atoms with Gasteiger partial charge in [-0.15, -0.1) is 24.0 Å². The number of hydrogen-bond acceptors (Lipinski definition) is 1. The molecule has 0 atom stereocenters. The quantitative estimate of drug-likeness (QED) is 0.463. The van der Waals surface area contributed by atoms with Crippen molar-refractivity contribution < 1.29 is 24.2 Å². The van der Waals surface area contributed by atoms with Gasteiger partial charge in [-0.25, -0.2) is 7.11 Å². The molecule has 0 saturated heterocycles. The molecular formula is C8H10IOZn-. The van der Waals surface area contributed by atoms with Crippen LogP contribution in [0.4, 0.5) is 0 Å². The Morgan fingerprint density at radius 2 is 1.73 bits per heavy atom. The van der Waals surface area contributed by atoms with Crippen LogP contribution in [0.15, 0.2) is 30.3 Å². The minimum absolute atomic E-state index is 0. The van der Waals surface area contributed by atoms with E-state index in [-0.39, 0.29) is 43.5 Å². The Labute approximate surface area is 97.3 Å². The van der Waals surface area contributed by atoms with Crippen LogP contribution in [-0.2, 0) is 30.8 Å². The molecule has 0 N–H and O–H groups in total. The number of rotatable bonds is 2. The van der Waals surface area contributed by atoms with E-state index >= 15 is 0 Å². The molecule has 0 spiro atoms. The maximum atomic E-state index is 4.68. The fourth-order valence-corrected chi connectivity index (χ4v) is 0.692. The van der Waals surface area contributed by atoms with Crippen LogP contribution >= 0.6 is 24.0 Å². The average Bonchev–Trinajstić information content (AvgIpc) is 1.91. The van der Waals surface area contributed by atoms with E-state index in [0.717, 1.165) is 5.56 Å². The summed E-state index contributed by atoms with van der Waals surface area (Å²) in [6.07, 6.45) is 0. The zero-order valence-corrected chi connectivity index (χ0v) is 11.6. The third-order valence-electron chi connectivity index (χ3n) is 1.11. The molecular weight excluding hydrogens is 304 g/mol. The Hall–Kier alpha value is 0.533. The Bertz CT molecular complexity index is 167. The molecule has 3 heteroatoms. The second-order valence-electron chi connectivity index (χ2n) is 1.83. The molecule has 0 saturated carbocycles. The molecule has 0 aliphatic heterocycles. The first kappa shape index (κ1) is 14.1. The Balaban J connectivity index is 0. The van der Waals surface area contributed by atoms with Gasteiger partial charge in [0.05, 0.1) is 0 Å². The number of halogens is 1. The first-order valence-corrected chi connectivity index (χ1v) is 2.84. The van der Waals surface area contributed by atoms with Crippen molar-refractivity contribution in [1.82, 2.24) is 0 Å². The van der Waals surface area contributed by atoms with Gasteiger partial charge >= 0.3 is 0 Å². The molecule has 0 aliphatic carbocycles. The molecule has 0 fully saturated rings. The average molecular weight is 314 g/mol. The van der Waals surface area contributed by atoms with Crippen molar-refractivity contribution in [3.8, 4) is 0 Å². The largest absolute Gasteiger partial charge is 0.552 e. The number of hydrogen-bond donors (Lipinski definition) is 0. The van der Waals surface area contributed by atoms with E-state index in [1.165, 1.54) is 0 Å². The van der Waals surface area contributed by atoms with E-state index < -0.39 is 0 Å². The van der Waals surface area contributed by atoms with Gasteiger partial charge in [0.15, 0.2) is 0 Å². The van der Waals surface area contributed by atoms with Crippen molar-refractivity contribution in [3.05, 3.63) is 43.0 Å². The van der Waals surface area contributed by atoms with Gasteiger partial charge in [-0.1, -0.05) is 30.3 Å². The SMILES string of the molecule is I.[CH2-]OCc1ccccc1.[Zn]. The van der Waals surface area contributed by atoms with Crippen molar-refractivity contribution in [2.24, 2.45) is 0 Å². The van der Waals surface area contributed by atoms with Crippen LogP contribution in [-0.4, -0.2) is 0 Å². The molecule has 0 aliphatic rings. The number of ether oxygens (including phenoxy) is 1. The standard InChI is InChI=1S/C8H9O.HI.Zn/c1-9-7-8-5-3-2-4-6-8;;/h2-6H,1,7H2;1H;/q-1;;. The van der Waals surface area contributed by atoms with E-state index in [9.17, 15) is 0 Å². The Morgan fingerprint density at radius 3 is 2.18 bits per heavy atom. The van der Waals surface area contributed by atoms with Gasteiger partial charge in [0, 0.05) is 26.1 Å². The summed E-state index contributed by atoms with van der Waals surface area (Å²) in [4.78, 5) is 0. The van der Waals surface area contributed by atoms with E-state index in [1.807, 2.05) is 30.3 Å². The van der Waals surface area contributed by atoms with Gasteiger partial charge in [-0.05, 0) is 5.56 Å². The Morgan fingerprint density at radius 1 is 1.18 bits per heavy atom. The molecule has 0 amide bonds. The van der Waals surface area contributed by atoms with Gasteiger partial charge in [-0.2, -0.15) is 0 Å². The predicted molar refractivity (Wildman–Crippen MR) is 52.0 cm³/mol. The first-order chi connectivity index (χ1) is 4.43. The molecule has 1 aromatic rings. The fraction of sp³-hybridized carbons (Fsp3) is 0.125. The smallest absolute Gasteiger partial charge is 0.0373 e. The zero-order valence-electron chi connectivity index (χ0n) is 6.32. The zero-order chi connectivity index (χ0) is 6.53. The fourth-order valence-electron chi connectivity index (χ4n) is 0.692. The van der Waals surface area contributed by atoms with Gasteiger partial charge in [0.2, 0.25) is 0 Å². The molecule has 0 bridgehead atoms. The summed E-state index contributed by atoms with van der Waals surface area (Å²) in [5, 5.41) is 0. The molecule has 0 aromatic heterocycles. The molecule has 1 rings (SSSR count).